The lowest BCUT2D eigenvalue weighted by Gasteiger charge is -2.04. The van der Waals surface area contributed by atoms with Crippen molar-refractivity contribution >= 4 is 10.0 Å². The quantitative estimate of drug-likeness (QED) is 0.720. The Balaban J connectivity index is 2.55. The first-order chi connectivity index (χ1) is 6.54. The van der Waals surface area contributed by atoms with Crippen molar-refractivity contribution in [2.45, 2.75) is 24.0 Å². The van der Waals surface area contributed by atoms with Gasteiger partial charge in [0.2, 0.25) is 0 Å². The van der Waals surface area contributed by atoms with E-state index in [4.69, 9.17) is 9.88 Å². The van der Waals surface area contributed by atoms with Crippen molar-refractivity contribution in [3.05, 3.63) is 0 Å². The highest BCUT2D eigenvalue weighted by Gasteiger charge is 2.33. The van der Waals surface area contributed by atoms with Gasteiger partial charge >= 0.3 is 6.01 Å². The van der Waals surface area contributed by atoms with Crippen LogP contribution in [-0.4, -0.2) is 30.3 Å². The van der Waals surface area contributed by atoms with Gasteiger partial charge in [0.05, 0.1) is 7.11 Å². The zero-order valence-corrected chi connectivity index (χ0v) is 8.36. The van der Waals surface area contributed by atoms with Gasteiger partial charge < -0.3 is 4.74 Å². The smallest absolute Gasteiger partial charge is 0.317 e. The zero-order valence-electron chi connectivity index (χ0n) is 7.54. The van der Waals surface area contributed by atoms with Crippen LogP contribution in [0.3, 0.4) is 0 Å². The lowest BCUT2D eigenvalue weighted by atomic mass is 10.7. The topological polar surface area (TPSA) is 100 Å². The molecule has 0 aliphatic heterocycles. The molecule has 2 N–H and O–H groups in total. The Morgan fingerprint density at radius 1 is 1.50 bits per heavy atom. The zero-order chi connectivity index (χ0) is 10.3. The predicted octanol–water partition coefficient (Wildman–Crippen LogP) is -0.731. The van der Waals surface area contributed by atoms with Gasteiger partial charge in [-0.2, -0.15) is 0 Å². The number of primary sulfonamides is 1. The second kappa shape index (κ2) is 2.92. The van der Waals surface area contributed by atoms with Crippen LogP contribution < -0.4 is 9.88 Å². The summed E-state index contributed by atoms with van der Waals surface area (Å²) in [4.78, 5) is 0. The molecular weight excluding hydrogens is 208 g/mol. The summed E-state index contributed by atoms with van der Waals surface area (Å²) in [6.45, 7) is 0. The number of sulfonamides is 1. The van der Waals surface area contributed by atoms with Gasteiger partial charge in [-0.05, 0) is 12.8 Å². The molecule has 0 amide bonds. The van der Waals surface area contributed by atoms with Gasteiger partial charge in [0.1, 0.15) is 0 Å². The number of nitrogens with zero attached hydrogens (tertiary/aromatic N) is 3. The maximum atomic E-state index is 11.1. The molecule has 0 aromatic carbocycles. The average Bonchev–Trinajstić information content (AvgIpc) is 2.82. The Morgan fingerprint density at radius 2 is 2.14 bits per heavy atom. The van der Waals surface area contributed by atoms with Gasteiger partial charge in [0, 0.05) is 6.04 Å². The minimum Gasteiger partial charge on any atom is -0.467 e. The molecule has 0 atom stereocenters. The standard InChI is InChI=1S/C6H10N4O3S/c1-13-5-8-9-6(14(7,11)12)10(5)4-2-3-4/h4H,2-3H2,1H3,(H2,7,11,12). The van der Waals surface area contributed by atoms with E-state index in [1.54, 1.807) is 0 Å². The van der Waals surface area contributed by atoms with Crippen LogP contribution in [0.2, 0.25) is 0 Å². The fourth-order valence-corrected chi connectivity index (χ4v) is 1.90. The third kappa shape index (κ3) is 1.46. The summed E-state index contributed by atoms with van der Waals surface area (Å²) in [5, 5.41) is 11.8. The Morgan fingerprint density at radius 3 is 2.57 bits per heavy atom. The molecule has 1 saturated carbocycles. The van der Waals surface area contributed by atoms with E-state index in [1.807, 2.05) is 0 Å². The van der Waals surface area contributed by atoms with E-state index in [-0.39, 0.29) is 17.2 Å². The molecule has 14 heavy (non-hydrogen) atoms. The SMILES string of the molecule is COc1nnc(S(N)(=O)=O)n1C1CC1. The fraction of sp³-hybridized carbons (Fsp3) is 0.667. The summed E-state index contributed by atoms with van der Waals surface area (Å²) in [6.07, 6.45) is 1.80. The number of aromatic nitrogens is 3. The van der Waals surface area contributed by atoms with Crippen molar-refractivity contribution in [2.24, 2.45) is 5.14 Å². The summed E-state index contributed by atoms with van der Waals surface area (Å²) in [5.74, 6) is 0. The van der Waals surface area contributed by atoms with Gasteiger partial charge in [0.25, 0.3) is 15.2 Å². The van der Waals surface area contributed by atoms with Gasteiger partial charge in [-0.25, -0.2) is 13.6 Å². The number of nitrogens with two attached hydrogens (primary N) is 1. The molecule has 1 aliphatic rings. The summed E-state index contributed by atoms with van der Waals surface area (Å²) in [5.41, 5.74) is 0. The van der Waals surface area contributed by atoms with Crippen LogP contribution in [0.25, 0.3) is 0 Å². The number of methoxy groups -OCH3 is 1. The molecule has 0 unspecified atom stereocenters. The van der Waals surface area contributed by atoms with Crippen molar-refractivity contribution in [3.63, 3.8) is 0 Å². The van der Waals surface area contributed by atoms with Gasteiger partial charge in [0.15, 0.2) is 0 Å². The molecule has 8 heteroatoms. The second-order valence-electron chi connectivity index (χ2n) is 3.12. The lowest BCUT2D eigenvalue weighted by molar-refractivity contribution is 0.350. The highest BCUT2D eigenvalue weighted by molar-refractivity contribution is 7.89. The molecule has 7 nitrogen and oxygen atoms in total. The maximum absolute atomic E-state index is 11.1. The maximum Gasteiger partial charge on any atom is 0.317 e. The van der Waals surface area contributed by atoms with E-state index in [0.29, 0.717) is 0 Å². The molecule has 1 heterocycles. The predicted molar refractivity (Wildman–Crippen MR) is 46.2 cm³/mol. The van der Waals surface area contributed by atoms with Gasteiger partial charge in [-0.1, -0.05) is 5.10 Å². The minimum absolute atomic E-state index is 0.105. The van der Waals surface area contributed by atoms with Crippen molar-refractivity contribution in [1.82, 2.24) is 14.8 Å². The van der Waals surface area contributed by atoms with Crippen LogP contribution in [0, 0.1) is 0 Å². The summed E-state index contributed by atoms with van der Waals surface area (Å²) in [7, 11) is -2.41. The molecule has 78 valence electrons. The molecule has 2 rings (SSSR count). The molecule has 1 fully saturated rings. The first-order valence-electron chi connectivity index (χ1n) is 4.05. The van der Waals surface area contributed by atoms with E-state index in [2.05, 4.69) is 10.2 Å². The number of hydrogen-bond acceptors (Lipinski definition) is 5. The lowest BCUT2D eigenvalue weighted by Crippen LogP contribution is -2.18. The molecule has 0 radical (unpaired) electrons. The summed E-state index contributed by atoms with van der Waals surface area (Å²) in [6, 6.07) is 0.296. The van der Waals surface area contributed by atoms with E-state index in [1.165, 1.54) is 11.7 Å². The molecule has 0 saturated heterocycles. The van der Waals surface area contributed by atoms with Crippen LogP contribution in [0.5, 0.6) is 6.01 Å². The number of rotatable bonds is 3. The Kier molecular flexibility index (Phi) is 1.96. The minimum atomic E-state index is -3.82. The molecule has 1 aromatic heterocycles. The first-order valence-corrected chi connectivity index (χ1v) is 5.60. The largest absolute Gasteiger partial charge is 0.467 e. The molecule has 0 spiro atoms. The highest BCUT2D eigenvalue weighted by atomic mass is 32.2. The summed E-state index contributed by atoms with van der Waals surface area (Å²) < 4.78 is 28.5. The van der Waals surface area contributed by atoms with E-state index in [9.17, 15) is 8.42 Å². The van der Waals surface area contributed by atoms with Crippen LogP contribution in [0.4, 0.5) is 0 Å². The average molecular weight is 218 g/mol. The van der Waals surface area contributed by atoms with Crippen LogP contribution in [0.1, 0.15) is 18.9 Å². The van der Waals surface area contributed by atoms with E-state index < -0.39 is 10.0 Å². The molecular formula is C6H10N4O3S. The first kappa shape index (κ1) is 9.41. The number of hydrogen-bond donors (Lipinski definition) is 1. The third-order valence-electron chi connectivity index (χ3n) is 1.98. The van der Waals surface area contributed by atoms with Gasteiger partial charge in [-0.15, -0.1) is 5.10 Å². The fourth-order valence-electron chi connectivity index (χ4n) is 1.24. The van der Waals surface area contributed by atoms with Crippen LogP contribution in [-0.2, 0) is 10.0 Å². The normalized spacial score (nSPS) is 17.0. The van der Waals surface area contributed by atoms with E-state index >= 15 is 0 Å². The van der Waals surface area contributed by atoms with Crippen LogP contribution in [0.15, 0.2) is 5.16 Å². The van der Waals surface area contributed by atoms with Crippen molar-refractivity contribution in [2.75, 3.05) is 7.11 Å². The summed E-state index contributed by atoms with van der Waals surface area (Å²) >= 11 is 0. The Bertz CT molecular complexity index is 448. The Hall–Kier alpha value is -1.15. The molecule has 1 aromatic rings. The monoisotopic (exact) mass is 218 g/mol. The number of ether oxygens (including phenoxy) is 1. The Labute approximate surface area is 80.9 Å². The van der Waals surface area contributed by atoms with E-state index in [0.717, 1.165) is 12.8 Å². The van der Waals surface area contributed by atoms with Crippen molar-refractivity contribution in [1.29, 1.82) is 0 Å². The van der Waals surface area contributed by atoms with Gasteiger partial charge in [-0.3, -0.25) is 4.57 Å². The molecule has 0 bridgehead atoms. The second-order valence-corrected chi connectivity index (χ2v) is 4.57. The van der Waals surface area contributed by atoms with Crippen molar-refractivity contribution in [3.8, 4) is 6.01 Å². The highest BCUT2D eigenvalue weighted by Crippen LogP contribution is 2.39. The molecule has 1 aliphatic carbocycles. The van der Waals surface area contributed by atoms with Crippen LogP contribution >= 0.6 is 0 Å². The van der Waals surface area contributed by atoms with Crippen molar-refractivity contribution < 1.29 is 13.2 Å². The third-order valence-corrected chi connectivity index (χ3v) is 2.77.